The smallest absolute Gasteiger partial charge is 0.0438 e. The van der Waals surface area contributed by atoms with Crippen molar-refractivity contribution in [2.45, 2.75) is 50.1 Å². The minimum atomic E-state index is 0.307. The maximum atomic E-state index is 5.76. The largest absolute Gasteiger partial charge is 0.330 e. The molecule has 1 aromatic carbocycles. The van der Waals surface area contributed by atoms with Crippen LogP contribution in [0.3, 0.4) is 0 Å². The molecular formula is C16H24N2. The predicted molar refractivity (Wildman–Crippen MR) is 75.3 cm³/mol. The molecule has 0 heterocycles. The van der Waals surface area contributed by atoms with Gasteiger partial charge in [-0.1, -0.05) is 30.3 Å². The van der Waals surface area contributed by atoms with E-state index in [0.29, 0.717) is 11.6 Å². The number of nitrogens with two attached hydrogens (primary N) is 1. The van der Waals surface area contributed by atoms with Gasteiger partial charge in [-0.2, -0.15) is 0 Å². The zero-order valence-electron chi connectivity index (χ0n) is 11.1. The van der Waals surface area contributed by atoms with Gasteiger partial charge in [-0.25, -0.2) is 0 Å². The van der Waals surface area contributed by atoms with E-state index >= 15 is 0 Å². The highest BCUT2D eigenvalue weighted by Crippen LogP contribution is 2.46. The lowest BCUT2D eigenvalue weighted by atomic mass is 9.85. The van der Waals surface area contributed by atoms with E-state index < -0.39 is 0 Å². The number of hydrogen-bond acceptors (Lipinski definition) is 2. The van der Waals surface area contributed by atoms with E-state index in [1.54, 1.807) is 0 Å². The first-order valence-corrected chi connectivity index (χ1v) is 7.36. The second-order valence-corrected chi connectivity index (χ2v) is 6.05. The van der Waals surface area contributed by atoms with Crippen LogP contribution < -0.4 is 11.1 Å². The highest BCUT2D eigenvalue weighted by Gasteiger charge is 2.45. The Morgan fingerprint density at radius 2 is 1.72 bits per heavy atom. The van der Waals surface area contributed by atoms with E-state index in [1.807, 2.05) is 0 Å². The molecule has 0 aromatic heterocycles. The van der Waals surface area contributed by atoms with Crippen molar-refractivity contribution in [2.75, 3.05) is 6.54 Å². The molecule has 18 heavy (non-hydrogen) atoms. The van der Waals surface area contributed by atoms with E-state index in [0.717, 1.165) is 12.5 Å². The van der Waals surface area contributed by atoms with Crippen molar-refractivity contribution in [2.24, 2.45) is 11.7 Å². The third kappa shape index (κ3) is 2.45. The van der Waals surface area contributed by atoms with E-state index in [2.05, 4.69) is 35.6 Å². The van der Waals surface area contributed by atoms with E-state index in [4.69, 9.17) is 5.73 Å². The monoisotopic (exact) mass is 244 g/mol. The van der Waals surface area contributed by atoms with Gasteiger partial charge in [0.2, 0.25) is 0 Å². The van der Waals surface area contributed by atoms with Gasteiger partial charge in [0, 0.05) is 11.6 Å². The van der Waals surface area contributed by atoms with Gasteiger partial charge < -0.3 is 11.1 Å². The van der Waals surface area contributed by atoms with Crippen LogP contribution in [0.25, 0.3) is 0 Å². The second-order valence-electron chi connectivity index (χ2n) is 6.05. The third-order valence-corrected chi connectivity index (χ3v) is 4.74. The predicted octanol–water partition coefficient (Wildman–Crippen LogP) is 2.78. The maximum Gasteiger partial charge on any atom is 0.0438 e. The molecule has 3 rings (SSSR count). The van der Waals surface area contributed by atoms with Crippen molar-refractivity contribution in [3.8, 4) is 0 Å². The summed E-state index contributed by atoms with van der Waals surface area (Å²) in [5.41, 5.74) is 7.54. The van der Waals surface area contributed by atoms with Gasteiger partial charge in [0.05, 0.1) is 0 Å². The van der Waals surface area contributed by atoms with Crippen LogP contribution in [0.5, 0.6) is 0 Å². The topological polar surface area (TPSA) is 38.0 Å². The molecule has 0 atom stereocenters. The molecule has 2 aliphatic carbocycles. The van der Waals surface area contributed by atoms with Gasteiger partial charge in [-0.15, -0.1) is 0 Å². The fraction of sp³-hybridized carbons (Fsp3) is 0.625. The second kappa shape index (κ2) is 5.02. The van der Waals surface area contributed by atoms with Gasteiger partial charge in [-0.05, 0) is 56.6 Å². The quantitative estimate of drug-likeness (QED) is 0.854. The van der Waals surface area contributed by atoms with Crippen molar-refractivity contribution in [1.29, 1.82) is 0 Å². The molecule has 98 valence electrons. The first-order chi connectivity index (χ1) is 8.82. The zero-order valence-corrected chi connectivity index (χ0v) is 11.1. The highest BCUT2D eigenvalue weighted by molar-refractivity contribution is 5.30. The van der Waals surface area contributed by atoms with Crippen LogP contribution in [0.4, 0.5) is 0 Å². The molecule has 0 saturated heterocycles. The summed E-state index contributed by atoms with van der Waals surface area (Å²) in [7, 11) is 0. The number of benzene rings is 1. The van der Waals surface area contributed by atoms with Crippen molar-refractivity contribution in [3.63, 3.8) is 0 Å². The molecule has 0 radical (unpaired) electrons. The van der Waals surface area contributed by atoms with Gasteiger partial charge in [0.1, 0.15) is 0 Å². The summed E-state index contributed by atoms with van der Waals surface area (Å²) in [5.74, 6) is 0.773. The summed E-state index contributed by atoms with van der Waals surface area (Å²) in [6.45, 7) is 0.872. The third-order valence-electron chi connectivity index (χ3n) is 4.74. The van der Waals surface area contributed by atoms with Crippen LogP contribution in [-0.2, 0) is 5.54 Å². The average Bonchev–Trinajstić information content (AvgIpc) is 3.22. The van der Waals surface area contributed by atoms with Crippen LogP contribution in [0, 0.1) is 5.92 Å². The fourth-order valence-corrected chi connectivity index (χ4v) is 3.33. The molecule has 3 N–H and O–H groups in total. The molecule has 0 unspecified atom stereocenters. The van der Waals surface area contributed by atoms with Crippen molar-refractivity contribution in [3.05, 3.63) is 35.9 Å². The fourth-order valence-electron chi connectivity index (χ4n) is 3.33. The van der Waals surface area contributed by atoms with Crippen LogP contribution in [0.15, 0.2) is 30.3 Å². The lowest BCUT2D eigenvalue weighted by Gasteiger charge is -2.32. The van der Waals surface area contributed by atoms with E-state index in [9.17, 15) is 0 Å². The Kier molecular flexibility index (Phi) is 3.40. The first kappa shape index (κ1) is 12.2. The van der Waals surface area contributed by atoms with Gasteiger partial charge in [0.15, 0.2) is 0 Å². The van der Waals surface area contributed by atoms with Crippen molar-refractivity contribution >= 4 is 0 Å². The molecule has 2 nitrogen and oxygen atoms in total. The molecule has 0 spiro atoms. The maximum absolute atomic E-state index is 5.76. The lowest BCUT2D eigenvalue weighted by molar-refractivity contribution is 0.272. The van der Waals surface area contributed by atoms with Crippen LogP contribution in [0.1, 0.15) is 44.1 Å². The van der Waals surface area contributed by atoms with E-state index in [1.165, 1.54) is 44.1 Å². The lowest BCUT2D eigenvalue weighted by Crippen LogP contribution is -2.41. The summed E-state index contributed by atoms with van der Waals surface area (Å²) in [6.07, 6.45) is 7.81. The molecule has 2 fully saturated rings. The standard InChI is InChI=1S/C16H24N2/c17-12-13-6-8-15(9-7-13)18-16(10-11-16)14-4-2-1-3-5-14/h1-5,13,15,18H,6-12,17H2/t13-,15-. The molecule has 0 amide bonds. The minimum absolute atomic E-state index is 0.307. The summed E-state index contributed by atoms with van der Waals surface area (Å²) < 4.78 is 0. The van der Waals surface area contributed by atoms with Gasteiger partial charge in [-0.3, -0.25) is 0 Å². The van der Waals surface area contributed by atoms with Crippen LogP contribution in [-0.4, -0.2) is 12.6 Å². The molecule has 0 bridgehead atoms. The minimum Gasteiger partial charge on any atom is -0.330 e. The Morgan fingerprint density at radius 3 is 2.28 bits per heavy atom. The highest BCUT2D eigenvalue weighted by atomic mass is 15.1. The number of hydrogen-bond donors (Lipinski definition) is 2. The summed E-state index contributed by atoms with van der Waals surface area (Å²) in [4.78, 5) is 0. The Morgan fingerprint density at radius 1 is 1.06 bits per heavy atom. The van der Waals surface area contributed by atoms with Gasteiger partial charge in [0.25, 0.3) is 0 Å². The van der Waals surface area contributed by atoms with Gasteiger partial charge >= 0.3 is 0 Å². The Labute approximate surface area is 110 Å². The molecule has 2 saturated carbocycles. The van der Waals surface area contributed by atoms with Crippen LogP contribution >= 0.6 is 0 Å². The first-order valence-electron chi connectivity index (χ1n) is 7.36. The molecule has 2 heteroatoms. The molecular weight excluding hydrogens is 220 g/mol. The SMILES string of the molecule is NC[C@H]1CC[C@H](NC2(c3ccccc3)CC2)CC1. The van der Waals surface area contributed by atoms with Crippen LogP contribution in [0.2, 0.25) is 0 Å². The van der Waals surface area contributed by atoms with Crippen molar-refractivity contribution < 1.29 is 0 Å². The summed E-state index contributed by atoms with van der Waals surface area (Å²) in [6, 6.07) is 11.7. The van der Waals surface area contributed by atoms with Crippen molar-refractivity contribution in [1.82, 2.24) is 5.32 Å². The van der Waals surface area contributed by atoms with E-state index in [-0.39, 0.29) is 0 Å². The number of rotatable bonds is 4. The average molecular weight is 244 g/mol. The normalized spacial score (nSPS) is 30.1. The Hall–Kier alpha value is -0.860. The molecule has 1 aromatic rings. The summed E-state index contributed by atoms with van der Waals surface area (Å²) >= 11 is 0. The zero-order chi connectivity index (χ0) is 12.4. The Bertz CT molecular complexity index is 375. The molecule has 0 aliphatic heterocycles. The summed E-state index contributed by atoms with van der Waals surface area (Å²) in [5, 5.41) is 3.93. The molecule has 2 aliphatic rings. The number of nitrogens with one attached hydrogen (secondary N) is 1. The Balaban J connectivity index is 1.60.